The first-order valence-electron chi connectivity index (χ1n) is 5.08. The van der Waals surface area contributed by atoms with Gasteiger partial charge in [-0.3, -0.25) is 9.59 Å². The third kappa shape index (κ3) is 1.29. The SMILES string of the molecule is O=c1[nH]c2ccc(C3(O)CC3)cc2[nH]c1=O. The molecule has 0 aliphatic heterocycles. The van der Waals surface area contributed by atoms with Crippen LogP contribution in [0.4, 0.5) is 0 Å². The lowest BCUT2D eigenvalue weighted by Gasteiger charge is -2.08. The molecular formula is C11H10N2O3. The van der Waals surface area contributed by atoms with Crippen molar-refractivity contribution in [3.05, 3.63) is 44.5 Å². The molecule has 2 aromatic rings. The van der Waals surface area contributed by atoms with Crippen molar-refractivity contribution in [1.29, 1.82) is 0 Å². The molecule has 1 heterocycles. The van der Waals surface area contributed by atoms with Gasteiger partial charge in [0.2, 0.25) is 0 Å². The maximum atomic E-state index is 11.1. The topological polar surface area (TPSA) is 85.9 Å². The predicted molar refractivity (Wildman–Crippen MR) is 58.3 cm³/mol. The number of rotatable bonds is 1. The Morgan fingerprint density at radius 2 is 1.69 bits per heavy atom. The molecule has 3 N–H and O–H groups in total. The zero-order chi connectivity index (χ0) is 11.3. The summed E-state index contributed by atoms with van der Waals surface area (Å²) >= 11 is 0. The lowest BCUT2D eigenvalue weighted by Crippen LogP contribution is -2.29. The summed E-state index contributed by atoms with van der Waals surface area (Å²) in [7, 11) is 0. The molecule has 1 fully saturated rings. The number of aliphatic hydroxyl groups is 1. The van der Waals surface area contributed by atoms with Crippen molar-refractivity contribution in [3.63, 3.8) is 0 Å². The van der Waals surface area contributed by atoms with Crippen molar-refractivity contribution >= 4 is 11.0 Å². The molecule has 0 unspecified atom stereocenters. The number of hydrogen-bond donors (Lipinski definition) is 3. The summed E-state index contributed by atoms with van der Waals surface area (Å²) in [5, 5.41) is 9.92. The molecule has 3 rings (SSSR count). The summed E-state index contributed by atoms with van der Waals surface area (Å²) in [4.78, 5) is 27.2. The number of fused-ring (bicyclic) bond motifs is 1. The number of benzene rings is 1. The molecule has 5 heteroatoms. The second-order valence-corrected chi connectivity index (χ2v) is 4.20. The van der Waals surface area contributed by atoms with Crippen LogP contribution in [0.3, 0.4) is 0 Å². The van der Waals surface area contributed by atoms with E-state index in [0.29, 0.717) is 11.0 Å². The van der Waals surface area contributed by atoms with Gasteiger partial charge in [-0.15, -0.1) is 0 Å². The van der Waals surface area contributed by atoms with Gasteiger partial charge in [-0.2, -0.15) is 0 Å². The highest BCUT2D eigenvalue weighted by molar-refractivity contribution is 5.74. The average molecular weight is 218 g/mol. The van der Waals surface area contributed by atoms with Crippen LogP contribution in [-0.4, -0.2) is 15.1 Å². The van der Waals surface area contributed by atoms with Crippen molar-refractivity contribution in [2.45, 2.75) is 18.4 Å². The van der Waals surface area contributed by atoms with Crippen LogP contribution in [-0.2, 0) is 5.60 Å². The third-order valence-electron chi connectivity index (χ3n) is 2.98. The second kappa shape index (κ2) is 2.82. The fraction of sp³-hybridized carbons (Fsp3) is 0.273. The molecule has 1 saturated carbocycles. The molecule has 82 valence electrons. The molecule has 16 heavy (non-hydrogen) atoms. The second-order valence-electron chi connectivity index (χ2n) is 4.20. The van der Waals surface area contributed by atoms with Crippen LogP contribution >= 0.6 is 0 Å². The molecule has 5 nitrogen and oxygen atoms in total. The normalized spacial score (nSPS) is 17.6. The summed E-state index contributed by atoms with van der Waals surface area (Å²) in [5.41, 5.74) is -0.179. The van der Waals surface area contributed by atoms with E-state index in [1.165, 1.54) is 0 Å². The lowest BCUT2D eigenvalue weighted by molar-refractivity contribution is 0.151. The molecule has 1 aromatic carbocycles. The molecule has 1 aliphatic carbocycles. The molecule has 0 spiro atoms. The Bertz CT molecular complexity index is 679. The summed E-state index contributed by atoms with van der Waals surface area (Å²) < 4.78 is 0. The van der Waals surface area contributed by atoms with E-state index in [4.69, 9.17) is 0 Å². The fourth-order valence-electron chi connectivity index (χ4n) is 1.81. The first kappa shape index (κ1) is 9.35. The highest BCUT2D eigenvalue weighted by Crippen LogP contribution is 2.45. The zero-order valence-corrected chi connectivity index (χ0v) is 8.41. The van der Waals surface area contributed by atoms with E-state index in [1.54, 1.807) is 18.2 Å². The van der Waals surface area contributed by atoms with E-state index in [0.717, 1.165) is 18.4 Å². The monoisotopic (exact) mass is 218 g/mol. The Labute approximate surface area is 89.8 Å². The maximum absolute atomic E-state index is 11.1. The number of H-pyrrole nitrogens is 2. The third-order valence-corrected chi connectivity index (χ3v) is 2.98. The van der Waals surface area contributed by atoms with Gasteiger partial charge in [0.1, 0.15) is 0 Å². The van der Waals surface area contributed by atoms with Crippen molar-refractivity contribution < 1.29 is 5.11 Å². The Morgan fingerprint density at radius 1 is 1.06 bits per heavy atom. The van der Waals surface area contributed by atoms with Gasteiger partial charge in [0, 0.05) is 0 Å². The van der Waals surface area contributed by atoms with Gasteiger partial charge in [-0.1, -0.05) is 6.07 Å². The van der Waals surface area contributed by atoms with Crippen molar-refractivity contribution in [2.24, 2.45) is 0 Å². The van der Waals surface area contributed by atoms with Crippen molar-refractivity contribution in [1.82, 2.24) is 9.97 Å². The summed E-state index contributed by atoms with van der Waals surface area (Å²) in [6.45, 7) is 0. The smallest absolute Gasteiger partial charge is 0.314 e. The minimum absolute atomic E-state index is 0.544. The summed E-state index contributed by atoms with van der Waals surface area (Å²) in [5.74, 6) is 0. The molecule has 1 aliphatic rings. The lowest BCUT2D eigenvalue weighted by atomic mass is 10.1. The Morgan fingerprint density at radius 3 is 2.31 bits per heavy atom. The van der Waals surface area contributed by atoms with Gasteiger partial charge < -0.3 is 15.1 Å². The van der Waals surface area contributed by atoms with Gasteiger partial charge in [0.15, 0.2) is 0 Å². The quantitative estimate of drug-likeness (QED) is 0.597. The number of hydrogen-bond acceptors (Lipinski definition) is 3. The predicted octanol–water partition coefficient (Wildman–Crippen LogP) is 0.198. The summed E-state index contributed by atoms with van der Waals surface area (Å²) in [6, 6.07) is 5.17. The minimum Gasteiger partial charge on any atom is -0.385 e. The molecule has 0 radical (unpaired) electrons. The molecule has 1 aromatic heterocycles. The van der Waals surface area contributed by atoms with Crippen LogP contribution in [0.25, 0.3) is 11.0 Å². The van der Waals surface area contributed by atoms with Crippen LogP contribution < -0.4 is 11.1 Å². The van der Waals surface area contributed by atoms with Crippen molar-refractivity contribution in [3.8, 4) is 0 Å². The van der Waals surface area contributed by atoms with E-state index in [1.807, 2.05) is 0 Å². The highest BCUT2D eigenvalue weighted by atomic mass is 16.3. The van der Waals surface area contributed by atoms with Gasteiger partial charge in [0.05, 0.1) is 16.6 Å². The van der Waals surface area contributed by atoms with Crippen LogP contribution in [0.15, 0.2) is 27.8 Å². The Balaban J connectivity index is 2.29. The van der Waals surface area contributed by atoms with Gasteiger partial charge in [0.25, 0.3) is 0 Å². The average Bonchev–Trinajstić information content (AvgIpc) is 2.99. The van der Waals surface area contributed by atoms with Crippen LogP contribution in [0.2, 0.25) is 0 Å². The number of aromatic amines is 2. The van der Waals surface area contributed by atoms with E-state index < -0.39 is 16.7 Å². The van der Waals surface area contributed by atoms with Gasteiger partial charge >= 0.3 is 11.1 Å². The largest absolute Gasteiger partial charge is 0.385 e. The van der Waals surface area contributed by atoms with Crippen molar-refractivity contribution in [2.75, 3.05) is 0 Å². The summed E-state index contributed by atoms with van der Waals surface area (Å²) in [6.07, 6.45) is 1.48. The Hall–Kier alpha value is -1.88. The fourth-order valence-corrected chi connectivity index (χ4v) is 1.81. The van der Waals surface area contributed by atoms with Gasteiger partial charge in [-0.05, 0) is 30.5 Å². The first-order valence-corrected chi connectivity index (χ1v) is 5.08. The number of nitrogens with one attached hydrogen (secondary N) is 2. The molecule has 0 amide bonds. The molecule has 0 bridgehead atoms. The van der Waals surface area contributed by atoms with E-state index in [-0.39, 0.29) is 0 Å². The highest BCUT2D eigenvalue weighted by Gasteiger charge is 2.42. The standard InChI is InChI=1S/C11H10N2O3/c14-9-10(15)13-8-5-6(11(16)3-4-11)1-2-7(8)12-9/h1-2,5,16H,3-4H2,(H,12,14)(H,13,15). The minimum atomic E-state index is -0.735. The Kier molecular flexibility index (Phi) is 1.65. The molecule has 0 atom stereocenters. The molecule has 0 saturated heterocycles. The molecular weight excluding hydrogens is 208 g/mol. The zero-order valence-electron chi connectivity index (χ0n) is 8.41. The number of aromatic nitrogens is 2. The van der Waals surface area contributed by atoms with E-state index in [2.05, 4.69) is 9.97 Å². The van der Waals surface area contributed by atoms with Crippen LogP contribution in [0.5, 0.6) is 0 Å². The first-order chi connectivity index (χ1) is 7.58. The van der Waals surface area contributed by atoms with Crippen LogP contribution in [0, 0.1) is 0 Å². The van der Waals surface area contributed by atoms with Crippen LogP contribution in [0.1, 0.15) is 18.4 Å². The van der Waals surface area contributed by atoms with E-state index >= 15 is 0 Å². The van der Waals surface area contributed by atoms with Gasteiger partial charge in [-0.25, -0.2) is 0 Å². The maximum Gasteiger partial charge on any atom is 0.314 e. The van der Waals surface area contributed by atoms with E-state index in [9.17, 15) is 14.7 Å².